The van der Waals surface area contributed by atoms with Crippen molar-refractivity contribution in [1.29, 1.82) is 0 Å². The Morgan fingerprint density at radius 1 is 1.57 bits per heavy atom. The fraction of sp³-hybridized carbons (Fsp3) is 0.125. The molecular formula is C8H7BrN2O3. The minimum Gasteiger partial charge on any atom is -0.399 e. The van der Waals surface area contributed by atoms with E-state index in [2.05, 4.69) is 15.9 Å². The number of ketones is 1. The smallest absolute Gasteiger partial charge is 0.294 e. The molecule has 0 spiro atoms. The highest BCUT2D eigenvalue weighted by molar-refractivity contribution is 9.10. The highest BCUT2D eigenvalue weighted by atomic mass is 79.9. The Morgan fingerprint density at radius 2 is 2.14 bits per heavy atom. The summed E-state index contributed by atoms with van der Waals surface area (Å²) in [6, 6.07) is 2.69. The van der Waals surface area contributed by atoms with Crippen LogP contribution < -0.4 is 5.73 Å². The first-order chi connectivity index (χ1) is 6.43. The van der Waals surface area contributed by atoms with Crippen molar-refractivity contribution in [3.05, 3.63) is 32.3 Å². The van der Waals surface area contributed by atoms with Crippen LogP contribution in [-0.4, -0.2) is 10.7 Å². The van der Waals surface area contributed by atoms with Gasteiger partial charge < -0.3 is 5.73 Å². The van der Waals surface area contributed by atoms with Crippen molar-refractivity contribution in [3.63, 3.8) is 0 Å². The lowest BCUT2D eigenvalue weighted by molar-refractivity contribution is -0.385. The lowest BCUT2D eigenvalue weighted by Gasteiger charge is -2.02. The molecule has 14 heavy (non-hydrogen) atoms. The first-order valence-electron chi connectivity index (χ1n) is 3.68. The Balaban J connectivity index is 3.52. The van der Waals surface area contributed by atoms with E-state index in [1.807, 2.05) is 0 Å². The molecule has 0 bridgehead atoms. The lowest BCUT2D eigenvalue weighted by Crippen LogP contribution is -2.02. The monoisotopic (exact) mass is 258 g/mol. The average Bonchev–Trinajstić information content (AvgIpc) is 2.01. The number of halogens is 1. The first kappa shape index (κ1) is 10.6. The predicted molar refractivity (Wildman–Crippen MR) is 55.2 cm³/mol. The average molecular weight is 259 g/mol. The van der Waals surface area contributed by atoms with Crippen LogP contribution in [0.2, 0.25) is 0 Å². The van der Waals surface area contributed by atoms with E-state index in [9.17, 15) is 14.9 Å². The normalized spacial score (nSPS) is 9.86. The summed E-state index contributed by atoms with van der Waals surface area (Å²) in [5.41, 5.74) is 5.55. The number of nitrogen functional groups attached to an aromatic ring is 1. The number of rotatable bonds is 2. The number of carbonyl (C=O) groups is 1. The number of nitro benzene ring substituents is 1. The molecule has 0 amide bonds. The summed E-state index contributed by atoms with van der Waals surface area (Å²) in [7, 11) is 0. The minimum atomic E-state index is -0.611. The van der Waals surface area contributed by atoms with E-state index >= 15 is 0 Å². The van der Waals surface area contributed by atoms with Crippen molar-refractivity contribution in [1.82, 2.24) is 0 Å². The fourth-order valence-electron chi connectivity index (χ4n) is 1.07. The topological polar surface area (TPSA) is 86.2 Å². The molecule has 74 valence electrons. The summed E-state index contributed by atoms with van der Waals surface area (Å²) < 4.78 is 0.215. The van der Waals surface area contributed by atoms with Crippen LogP contribution in [0.3, 0.4) is 0 Å². The molecule has 0 saturated heterocycles. The van der Waals surface area contributed by atoms with Gasteiger partial charge in [0.2, 0.25) is 0 Å². The maximum Gasteiger partial charge on any atom is 0.294 e. The number of nitrogens with zero attached hydrogens (tertiary/aromatic N) is 1. The van der Waals surface area contributed by atoms with Gasteiger partial charge in [-0.15, -0.1) is 0 Å². The van der Waals surface area contributed by atoms with Crippen molar-refractivity contribution in [3.8, 4) is 0 Å². The predicted octanol–water partition coefficient (Wildman–Crippen LogP) is 2.14. The molecule has 0 unspecified atom stereocenters. The molecule has 1 aromatic carbocycles. The summed E-state index contributed by atoms with van der Waals surface area (Å²) in [4.78, 5) is 21.1. The maximum atomic E-state index is 11.1. The van der Waals surface area contributed by atoms with Crippen LogP contribution in [0.25, 0.3) is 0 Å². The second-order valence-corrected chi connectivity index (χ2v) is 3.57. The van der Waals surface area contributed by atoms with E-state index < -0.39 is 4.92 Å². The Morgan fingerprint density at radius 3 is 2.57 bits per heavy atom. The molecule has 5 nitrogen and oxygen atoms in total. The van der Waals surface area contributed by atoms with E-state index in [-0.39, 0.29) is 21.5 Å². The van der Waals surface area contributed by atoms with Gasteiger partial charge in [-0.3, -0.25) is 14.9 Å². The molecule has 6 heteroatoms. The molecule has 0 aromatic heterocycles. The van der Waals surface area contributed by atoms with Gasteiger partial charge in [-0.1, -0.05) is 0 Å². The van der Waals surface area contributed by atoms with Crippen LogP contribution >= 0.6 is 15.9 Å². The maximum absolute atomic E-state index is 11.1. The van der Waals surface area contributed by atoms with Gasteiger partial charge in [0.15, 0.2) is 5.78 Å². The lowest BCUT2D eigenvalue weighted by atomic mass is 10.1. The second-order valence-electron chi connectivity index (χ2n) is 2.71. The van der Waals surface area contributed by atoms with E-state index in [0.29, 0.717) is 5.69 Å². The van der Waals surface area contributed by atoms with Gasteiger partial charge in [0.25, 0.3) is 5.69 Å². The number of benzene rings is 1. The molecule has 0 aliphatic rings. The molecule has 0 atom stereocenters. The molecular weight excluding hydrogens is 252 g/mol. The van der Waals surface area contributed by atoms with E-state index in [1.54, 1.807) is 0 Å². The van der Waals surface area contributed by atoms with Crippen molar-refractivity contribution >= 4 is 33.1 Å². The van der Waals surface area contributed by atoms with Crippen LogP contribution in [-0.2, 0) is 0 Å². The summed E-state index contributed by atoms with van der Waals surface area (Å²) in [6.45, 7) is 1.26. The summed E-state index contributed by atoms with van der Waals surface area (Å²) in [5, 5.41) is 10.6. The quantitative estimate of drug-likeness (QED) is 0.381. The van der Waals surface area contributed by atoms with Crippen LogP contribution in [0.4, 0.5) is 11.4 Å². The number of nitro groups is 1. The van der Waals surface area contributed by atoms with Crippen molar-refractivity contribution in [2.24, 2.45) is 0 Å². The molecule has 0 aliphatic carbocycles. The van der Waals surface area contributed by atoms with E-state index in [1.165, 1.54) is 19.1 Å². The Labute approximate surface area is 88.2 Å². The number of anilines is 1. The van der Waals surface area contributed by atoms with Gasteiger partial charge in [-0.05, 0) is 35.0 Å². The summed E-state index contributed by atoms with van der Waals surface area (Å²) in [5.74, 6) is -0.385. The van der Waals surface area contributed by atoms with Gasteiger partial charge in [-0.25, -0.2) is 0 Å². The number of hydrogen-bond acceptors (Lipinski definition) is 4. The van der Waals surface area contributed by atoms with Crippen LogP contribution in [0.5, 0.6) is 0 Å². The summed E-state index contributed by atoms with van der Waals surface area (Å²) >= 11 is 2.99. The van der Waals surface area contributed by atoms with Gasteiger partial charge in [0.05, 0.1) is 15.0 Å². The molecule has 0 radical (unpaired) electrons. The van der Waals surface area contributed by atoms with Crippen LogP contribution in [0.15, 0.2) is 16.6 Å². The first-order valence-corrected chi connectivity index (χ1v) is 4.47. The van der Waals surface area contributed by atoms with Crippen molar-refractivity contribution < 1.29 is 9.72 Å². The van der Waals surface area contributed by atoms with E-state index in [0.717, 1.165) is 0 Å². The molecule has 2 N–H and O–H groups in total. The van der Waals surface area contributed by atoms with Crippen molar-refractivity contribution in [2.75, 3.05) is 5.73 Å². The standard InChI is InChI=1S/C8H7BrN2O3/c1-4(12)6-2-5(10)3-7(9)8(6)11(13)14/h2-3H,10H2,1H3. The van der Waals surface area contributed by atoms with E-state index in [4.69, 9.17) is 5.73 Å². The third-order valence-corrected chi connectivity index (χ3v) is 2.25. The molecule has 0 saturated carbocycles. The zero-order chi connectivity index (χ0) is 10.9. The molecule has 0 fully saturated rings. The Bertz CT molecular complexity index is 417. The van der Waals surface area contributed by atoms with Gasteiger partial charge in [-0.2, -0.15) is 0 Å². The Hall–Kier alpha value is -1.43. The van der Waals surface area contributed by atoms with Gasteiger partial charge in [0.1, 0.15) is 0 Å². The molecule has 0 heterocycles. The second kappa shape index (κ2) is 3.75. The van der Waals surface area contributed by atoms with Crippen LogP contribution in [0, 0.1) is 10.1 Å². The number of carbonyl (C=O) groups excluding carboxylic acids is 1. The summed E-state index contributed by atoms with van der Waals surface area (Å²) in [6.07, 6.45) is 0. The highest BCUT2D eigenvalue weighted by Gasteiger charge is 2.21. The van der Waals surface area contributed by atoms with Gasteiger partial charge in [0, 0.05) is 5.69 Å². The minimum absolute atomic E-state index is 0.0156. The SMILES string of the molecule is CC(=O)c1cc(N)cc(Br)c1[N+](=O)[O-]. The highest BCUT2D eigenvalue weighted by Crippen LogP contribution is 2.31. The molecule has 1 rings (SSSR count). The molecule has 0 aliphatic heterocycles. The third kappa shape index (κ3) is 1.90. The van der Waals surface area contributed by atoms with Gasteiger partial charge >= 0.3 is 0 Å². The zero-order valence-electron chi connectivity index (χ0n) is 7.28. The number of nitrogens with two attached hydrogens (primary N) is 1. The zero-order valence-corrected chi connectivity index (χ0v) is 8.87. The number of Topliss-reactive ketones (excluding diaryl/α,β-unsaturated/α-hetero) is 1. The Kier molecular flexibility index (Phi) is 2.85. The fourth-order valence-corrected chi connectivity index (χ4v) is 1.70. The number of hydrogen-bond donors (Lipinski definition) is 1. The molecule has 1 aromatic rings. The third-order valence-electron chi connectivity index (χ3n) is 1.65. The van der Waals surface area contributed by atoms with Crippen molar-refractivity contribution in [2.45, 2.75) is 6.92 Å². The largest absolute Gasteiger partial charge is 0.399 e. The van der Waals surface area contributed by atoms with Crippen LogP contribution in [0.1, 0.15) is 17.3 Å².